The lowest BCUT2D eigenvalue weighted by Gasteiger charge is -2.22. The summed E-state index contributed by atoms with van der Waals surface area (Å²) in [5.41, 5.74) is 5.89. The van der Waals surface area contributed by atoms with Gasteiger partial charge in [0.2, 0.25) is 5.91 Å². The molecular formula is C10H20N2O2. The highest BCUT2D eigenvalue weighted by Crippen LogP contribution is 2.27. The van der Waals surface area contributed by atoms with E-state index < -0.39 is 0 Å². The van der Waals surface area contributed by atoms with Gasteiger partial charge >= 0.3 is 0 Å². The average molecular weight is 200 g/mol. The fourth-order valence-corrected chi connectivity index (χ4v) is 1.82. The SMILES string of the molecule is CCNC(=O)COCC1(N)CCCC1. The number of amides is 1. The first kappa shape index (κ1) is 11.5. The van der Waals surface area contributed by atoms with Crippen LogP contribution in [-0.2, 0) is 9.53 Å². The van der Waals surface area contributed by atoms with Crippen LogP contribution >= 0.6 is 0 Å². The predicted octanol–water partition coefficient (Wildman–Crippen LogP) is 0.411. The van der Waals surface area contributed by atoms with Crippen molar-refractivity contribution in [1.82, 2.24) is 5.32 Å². The molecule has 0 aromatic rings. The number of nitrogens with two attached hydrogens (primary N) is 1. The molecule has 4 nitrogen and oxygen atoms in total. The Kier molecular flexibility index (Phi) is 4.35. The Morgan fingerprint density at radius 2 is 2.14 bits per heavy atom. The fraction of sp³-hybridized carbons (Fsp3) is 0.900. The van der Waals surface area contributed by atoms with E-state index >= 15 is 0 Å². The van der Waals surface area contributed by atoms with Crippen LogP contribution in [0.1, 0.15) is 32.6 Å². The molecule has 0 atom stereocenters. The second-order valence-corrected chi connectivity index (χ2v) is 4.02. The molecule has 0 spiro atoms. The number of hydrogen-bond donors (Lipinski definition) is 2. The normalized spacial score (nSPS) is 19.6. The number of rotatable bonds is 5. The predicted molar refractivity (Wildman–Crippen MR) is 54.9 cm³/mol. The van der Waals surface area contributed by atoms with Crippen molar-refractivity contribution in [3.05, 3.63) is 0 Å². The molecular weight excluding hydrogens is 180 g/mol. The van der Waals surface area contributed by atoms with Crippen molar-refractivity contribution in [1.29, 1.82) is 0 Å². The number of nitrogens with one attached hydrogen (secondary N) is 1. The number of carbonyl (C=O) groups is 1. The molecule has 0 aromatic heterocycles. The van der Waals surface area contributed by atoms with E-state index in [-0.39, 0.29) is 18.1 Å². The molecule has 1 rings (SSSR count). The summed E-state index contributed by atoms with van der Waals surface area (Å²) in [7, 11) is 0. The largest absolute Gasteiger partial charge is 0.370 e. The third kappa shape index (κ3) is 3.64. The minimum absolute atomic E-state index is 0.0610. The Hall–Kier alpha value is -0.610. The molecule has 0 aromatic carbocycles. The van der Waals surface area contributed by atoms with Gasteiger partial charge in [0, 0.05) is 12.1 Å². The van der Waals surface area contributed by atoms with Crippen LogP contribution in [-0.4, -0.2) is 31.2 Å². The molecule has 1 amide bonds. The Morgan fingerprint density at radius 3 is 2.71 bits per heavy atom. The van der Waals surface area contributed by atoms with E-state index in [4.69, 9.17) is 10.5 Å². The van der Waals surface area contributed by atoms with Gasteiger partial charge in [0.25, 0.3) is 0 Å². The maximum absolute atomic E-state index is 11.0. The molecule has 0 bridgehead atoms. The molecule has 3 N–H and O–H groups in total. The zero-order valence-corrected chi connectivity index (χ0v) is 8.84. The van der Waals surface area contributed by atoms with Crippen molar-refractivity contribution in [2.45, 2.75) is 38.1 Å². The first-order chi connectivity index (χ1) is 6.66. The van der Waals surface area contributed by atoms with E-state index in [1.54, 1.807) is 0 Å². The van der Waals surface area contributed by atoms with Crippen molar-refractivity contribution < 1.29 is 9.53 Å². The molecule has 4 heteroatoms. The van der Waals surface area contributed by atoms with Crippen LogP contribution in [0.4, 0.5) is 0 Å². The lowest BCUT2D eigenvalue weighted by Crippen LogP contribution is -2.42. The van der Waals surface area contributed by atoms with E-state index in [1.807, 2.05) is 6.92 Å². The van der Waals surface area contributed by atoms with Gasteiger partial charge in [0.1, 0.15) is 6.61 Å². The van der Waals surface area contributed by atoms with Crippen LogP contribution in [0.3, 0.4) is 0 Å². The van der Waals surface area contributed by atoms with Crippen LogP contribution in [0.5, 0.6) is 0 Å². The zero-order chi connectivity index (χ0) is 10.4. The van der Waals surface area contributed by atoms with E-state index in [2.05, 4.69) is 5.32 Å². The van der Waals surface area contributed by atoms with Gasteiger partial charge < -0.3 is 15.8 Å². The molecule has 1 aliphatic carbocycles. The summed E-state index contributed by atoms with van der Waals surface area (Å²) in [6.07, 6.45) is 4.40. The highest BCUT2D eigenvalue weighted by molar-refractivity contribution is 5.77. The van der Waals surface area contributed by atoms with Crippen LogP contribution in [0.25, 0.3) is 0 Å². The molecule has 0 radical (unpaired) electrons. The number of likely N-dealkylation sites (N-methyl/N-ethyl adjacent to an activating group) is 1. The summed E-state index contributed by atoms with van der Waals surface area (Å²) in [5.74, 6) is -0.0610. The van der Waals surface area contributed by atoms with Gasteiger partial charge in [-0.25, -0.2) is 0 Å². The second kappa shape index (κ2) is 5.32. The van der Waals surface area contributed by atoms with E-state index in [0.29, 0.717) is 13.2 Å². The van der Waals surface area contributed by atoms with Gasteiger partial charge in [-0.05, 0) is 19.8 Å². The minimum atomic E-state index is -0.174. The van der Waals surface area contributed by atoms with E-state index in [1.165, 1.54) is 12.8 Å². The third-order valence-electron chi connectivity index (χ3n) is 2.60. The van der Waals surface area contributed by atoms with Crippen LogP contribution < -0.4 is 11.1 Å². The molecule has 0 aliphatic heterocycles. The average Bonchev–Trinajstić information content (AvgIpc) is 2.53. The summed E-state index contributed by atoms with van der Waals surface area (Å²) in [6.45, 7) is 3.17. The van der Waals surface area contributed by atoms with Gasteiger partial charge in [-0.2, -0.15) is 0 Å². The van der Waals surface area contributed by atoms with Gasteiger partial charge in [-0.15, -0.1) is 0 Å². The molecule has 1 fully saturated rings. The number of ether oxygens (including phenoxy) is 1. The minimum Gasteiger partial charge on any atom is -0.370 e. The molecule has 0 unspecified atom stereocenters. The summed E-state index contributed by atoms with van der Waals surface area (Å²) in [4.78, 5) is 11.0. The Balaban J connectivity index is 2.11. The summed E-state index contributed by atoms with van der Waals surface area (Å²) in [6, 6.07) is 0. The lowest BCUT2D eigenvalue weighted by molar-refractivity contribution is -0.126. The number of hydrogen-bond acceptors (Lipinski definition) is 3. The van der Waals surface area contributed by atoms with E-state index in [9.17, 15) is 4.79 Å². The zero-order valence-electron chi connectivity index (χ0n) is 8.84. The van der Waals surface area contributed by atoms with Gasteiger partial charge in [-0.3, -0.25) is 4.79 Å². The summed E-state index contributed by atoms with van der Waals surface area (Å²) in [5, 5.41) is 2.68. The maximum atomic E-state index is 11.0. The molecule has 0 saturated heterocycles. The van der Waals surface area contributed by atoms with Crippen LogP contribution in [0.2, 0.25) is 0 Å². The Morgan fingerprint density at radius 1 is 1.50 bits per heavy atom. The van der Waals surface area contributed by atoms with Crippen molar-refractivity contribution in [3.63, 3.8) is 0 Å². The Labute approximate surface area is 85.2 Å². The standard InChI is InChI=1S/C10H20N2O2/c1-2-12-9(13)7-14-8-10(11)5-3-4-6-10/h2-8,11H2,1H3,(H,12,13). The molecule has 1 saturated carbocycles. The second-order valence-electron chi connectivity index (χ2n) is 4.02. The van der Waals surface area contributed by atoms with Crippen molar-refractivity contribution >= 4 is 5.91 Å². The summed E-state index contributed by atoms with van der Waals surface area (Å²) >= 11 is 0. The van der Waals surface area contributed by atoms with Gasteiger partial charge in [0.05, 0.1) is 6.61 Å². The first-order valence-corrected chi connectivity index (χ1v) is 5.30. The summed E-state index contributed by atoms with van der Waals surface area (Å²) < 4.78 is 5.30. The van der Waals surface area contributed by atoms with Crippen molar-refractivity contribution in [2.75, 3.05) is 19.8 Å². The lowest BCUT2D eigenvalue weighted by atomic mass is 10.0. The van der Waals surface area contributed by atoms with Gasteiger partial charge in [-0.1, -0.05) is 12.8 Å². The Bertz CT molecular complexity index is 189. The first-order valence-electron chi connectivity index (χ1n) is 5.30. The monoisotopic (exact) mass is 200 g/mol. The molecule has 14 heavy (non-hydrogen) atoms. The topological polar surface area (TPSA) is 64.3 Å². The van der Waals surface area contributed by atoms with Crippen LogP contribution in [0.15, 0.2) is 0 Å². The van der Waals surface area contributed by atoms with Crippen molar-refractivity contribution in [3.8, 4) is 0 Å². The highest BCUT2D eigenvalue weighted by atomic mass is 16.5. The molecule has 1 aliphatic rings. The molecule has 82 valence electrons. The van der Waals surface area contributed by atoms with E-state index in [0.717, 1.165) is 12.8 Å². The van der Waals surface area contributed by atoms with Gasteiger partial charge in [0.15, 0.2) is 0 Å². The maximum Gasteiger partial charge on any atom is 0.245 e. The smallest absolute Gasteiger partial charge is 0.245 e. The third-order valence-corrected chi connectivity index (χ3v) is 2.60. The van der Waals surface area contributed by atoms with Crippen LogP contribution in [0, 0.1) is 0 Å². The highest BCUT2D eigenvalue weighted by Gasteiger charge is 2.29. The number of carbonyl (C=O) groups excluding carboxylic acids is 1. The molecule has 0 heterocycles. The fourth-order valence-electron chi connectivity index (χ4n) is 1.82. The van der Waals surface area contributed by atoms with Crippen molar-refractivity contribution in [2.24, 2.45) is 5.73 Å². The quantitative estimate of drug-likeness (QED) is 0.675.